The van der Waals surface area contributed by atoms with Gasteiger partial charge >= 0.3 is 0 Å². The van der Waals surface area contributed by atoms with Crippen LogP contribution in [0, 0.1) is 5.92 Å². The van der Waals surface area contributed by atoms with E-state index < -0.39 is 0 Å². The number of fused-ring (bicyclic) bond motifs is 1. The van der Waals surface area contributed by atoms with E-state index >= 15 is 0 Å². The van der Waals surface area contributed by atoms with E-state index in [1.807, 2.05) is 13.8 Å². The van der Waals surface area contributed by atoms with Crippen molar-refractivity contribution in [1.82, 2.24) is 15.8 Å². The highest BCUT2D eigenvalue weighted by atomic mass is 16.2. The second-order valence-corrected chi connectivity index (χ2v) is 5.10. The zero-order valence-electron chi connectivity index (χ0n) is 12.2. The molecule has 6 heteroatoms. The summed E-state index contributed by atoms with van der Waals surface area (Å²) in [6.45, 7) is 3.80. The van der Waals surface area contributed by atoms with E-state index in [9.17, 15) is 14.4 Å². The van der Waals surface area contributed by atoms with Crippen molar-refractivity contribution in [3.8, 4) is 0 Å². The zero-order chi connectivity index (χ0) is 15.4. The van der Waals surface area contributed by atoms with E-state index in [1.54, 1.807) is 24.3 Å². The Bertz CT molecular complexity index is 536. The van der Waals surface area contributed by atoms with Gasteiger partial charge in [-0.1, -0.05) is 32.4 Å². The molecule has 0 aromatic heterocycles. The predicted octanol–water partition coefficient (Wildman–Crippen LogP) is 1.30. The molecule has 0 aliphatic carbocycles. The van der Waals surface area contributed by atoms with E-state index in [0.29, 0.717) is 11.1 Å². The van der Waals surface area contributed by atoms with Gasteiger partial charge in [-0.25, -0.2) is 5.43 Å². The van der Waals surface area contributed by atoms with Crippen LogP contribution in [0.5, 0.6) is 0 Å². The van der Waals surface area contributed by atoms with Crippen molar-refractivity contribution >= 4 is 17.7 Å². The average Bonchev–Trinajstić information content (AvgIpc) is 2.73. The molecule has 0 bridgehead atoms. The molecule has 1 heterocycles. The molecule has 0 spiro atoms. The summed E-state index contributed by atoms with van der Waals surface area (Å²) in [5.74, 6) is -0.948. The standard InChI is InChI=1S/C15H19N3O3/c1-3-6-10(2)13(19)17-16-9-18-14(20)11-7-4-5-8-12(11)15(18)21/h4-5,7-8,10,16H,3,6,9H2,1-2H3,(H,17,19). The van der Waals surface area contributed by atoms with Crippen LogP contribution >= 0.6 is 0 Å². The summed E-state index contributed by atoms with van der Waals surface area (Å²) in [5.41, 5.74) is 5.97. The highest BCUT2D eigenvalue weighted by molar-refractivity contribution is 6.21. The van der Waals surface area contributed by atoms with E-state index in [0.717, 1.165) is 17.7 Å². The molecule has 1 aliphatic rings. The van der Waals surface area contributed by atoms with Crippen LogP contribution in [0.2, 0.25) is 0 Å². The maximum absolute atomic E-state index is 12.1. The Morgan fingerprint density at radius 3 is 2.29 bits per heavy atom. The predicted molar refractivity (Wildman–Crippen MR) is 77.2 cm³/mol. The molecule has 0 radical (unpaired) electrons. The van der Waals surface area contributed by atoms with Crippen LogP contribution in [-0.4, -0.2) is 29.3 Å². The first-order valence-electron chi connectivity index (χ1n) is 7.04. The SMILES string of the molecule is CCCC(C)C(=O)NNCN1C(=O)c2ccccc2C1=O. The number of carbonyl (C=O) groups excluding carboxylic acids is 3. The van der Waals surface area contributed by atoms with Gasteiger partial charge in [0.2, 0.25) is 5.91 Å². The van der Waals surface area contributed by atoms with Gasteiger partial charge < -0.3 is 0 Å². The summed E-state index contributed by atoms with van der Waals surface area (Å²) < 4.78 is 0. The Labute approximate surface area is 123 Å². The molecule has 1 aliphatic heterocycles. The van der Waals surface area contributed by atoms with Gasteiger partial charge in [-0.15, -0.1) is 0 Å². The van der Waals surface area contributed by atoms with Gasteiger partial charge in [0.25, 0.3) is 11.8 Å². The summed E-state index contributed by atoms with van der Waals surface area (Å²) in [7, 11) is 0. The van der Waals surface area contributed by atoms with Crippen molar-refractivity contribution in [3.05, 3.63) is 35.4 Å². The van der Waals surface area contributed by atoms with Crippen molar-refractivity contribution in [3.63, 3.8) is 0 Å². The van der Waals surface area contributed by atoms with E-state index in [-0.39, 0.29) is 30.3 Å². The molecular formula is C15H19N3O3. The van der Waals surface area contributed by atoms with Gasteiger partial charge in [-0.2, -0.15) is 0 Å². The summed E-state index contributed by atoms with van der Waals surface area (Å²) in [6, 6.07) is 6.68. The van der Waals surface area contributed by atoms with Gasteiger partial charge in [0, 0.05) is 5.92 Å². The lowest BCUT2D eigenvalue weighted by atomic mass is 10.1. The number of amides is 3. The molecule has 2 N–H and O–H groups in total. The zero-order valence-corrected chi connectivity index (χ0v) is 12.2. The average molecular weight is 289 g/mol. The van der Waals surface area contributed by atoms with Crippen LogP contribution in [0.15, 0.2) is 24.3 Å². The van der Waals surface area contributed by atoms with Gasteiger partial charge in [-0.05, 0) is 18.6 Å². The second kappa shape index (κ2) is 6.49. The molecule has 2 rings (SSSR count). The van der Waals surface area contributed by atoms with Gasteiger partial charge in [-0.3, -0.25) is 24.7 Å². The van der Waals surface area contributed by atoms with E-state index in [1.165, 1.54) is 0 Å². The normalized spacial score (nSPS) is 15.0. The summed E-state index contributed by atoms with van der Waals surface area (Å²) in [6.07, 6.45) is 1.72. The Kier molecular flexibility index (Phi) is 4.70. The monoisotopic (exact) mass is 289 g/mol. The number of benzene rings is 1. The minimum absolute atomic E-state index is 0.0447. The van der Waals surface area contributed by atoms with Crippen LogP contribution in [0.3, 0.4) is 0 Å². The Morgan fingerprint density at radius 1 is 1.19 bits per heavy atom. The number of hydrazine groups is 1. The first-order chi connectivity index (χ1) is 10.1. The third kappa shape index (κ3) is 3.11. The van der Waals surface area contributed by atoms with Crippen LogP contribution in [-0.2, 0) is 4.79 Å². The minimum atomic E-state index is -0.348. The fourth-order valence-electron chi connectivity index (χ4n) is 2.28. The lowest BCUT2D eigenvalue weighted by Crippen LogP contribution is -2.48. The quantitative estimate of drug-likeness (QED) is 0.611. The fourth-order valence-corrected chi connectivity index (χ4v) is 2.28. The second-order valence-electron chi connectivity index (χ2n) is 5.10. The van der Waals surface area contributed by atoms with Crippen LogP contribution in [0.4, 0.5) is 0 Å². The molecule has 1 aromatic rings. The molecular weight excluding hydrogens is 270 g/mol. The lowest BCUT2D eigenvalue weighted by molar-refractivity contribution is -0.125. The first-order valence-corrected chi connectivity index (χ1v) is 7.04. The van der Waals surface area contributed by atoms with Crippen molar-refractivity contribution in [2.24, 2.45) is 5.92 Å². The van der Waals surface area contributed by atoms with Crippen molar-refractivity contribution in [1.29, 1.82) is 0 Å². The highest BCUT2D eigenvalue weighted by Gasteiger charge is 2.34. The molecule has 1 atom stereocenters. The number of hydrogen-bond donors (Lipinski definition) is 2. The smallest absolute Gasteiger partial charge is 0.262 e. The molecule has 0 saturated heterocycles. The number of nitrogens with one attached hydrogen (secondary N) is 2. The van der Waals surface area contributed by atoms with Gasteiger partial charge in [0.1, 0.15) is 0 Å². The molecule has 112 valence electrons. The number of imide groups is 1. The molecule has 3 amide bonds. The molecule has 21 heavy (non-hydrogen) atoms. The Balaban J connectivity index is 1.90. The largest absolute Gasteiger partial charge is 0.290 e. The molecule has 1 aromatic carbocycles. The Hall–Kier alpha value is -2.21. The molecule has 0 fully saturated rings. The minimum Gasteiger partial charge on any atom is -0.290 e. The maximum atomic E-state index is 12.1. The third-order valence-corrected chi connectivity index (χ3v) is 3.50. The van der Waals surface area contributed by atoms with E-state index in [4.69, 9.17) is 0 Å². The molecule has 6 nitrogen and oxygen atoms in total. The summed E-state index contributed by atoms with van der Waals surface area (Å²) in [4.78, 5) is 36.9. The number of nitrogens with zero attached hydrogens (tertiary/aromatic N) is 1. The van der Waals surface area contributed by atoms with Crippen LogP contribution < -0.4 is 10.9 Å². The highest BCUT2D eigenvalue weighted by Crippen LogP contribution is 2.21. The summed E-state index contributed by atoms with van der Waals surface area (Å²) >= 11 is 0. The maximum Gasteiger partial charge on any atom is 0.262 e. The number of hydrogen-bond acceptors (Lipinski definition) is 4. The van der Waals surface area contributed by atoms with Crippen molar-refractivity contribution in [2.45, 2.75) is 26.7 Å². The molecule has 1 unspecified atom stereocenters. The van der Waals surface area contributed by atoms with Gasteiger partial charge in [0.15, 0.2) is 0 Å². The number of rotatable bonds is 6. The number of carbonyl (C=O) groups is 3. The lowest BCUT2D eigenvalue weighted by Gasteiger charge is -2.17. The van der Waals surface area contributed by atoms with Crippen molar-refractivity contribution in [2.75, 3.05) is 6.67 Å². The first kappa shape index (κ1) is 15.2. The van der Waals surface area contributed by atoms with Gasteiger partial charge in [0.05, 0.1) is 17.8 Å². The third-order valence-electron chi connectivity index (χ3n) is 3.50. The fraction of sp³-hybridized carbons (Fsp3) is 0.400. The van der Waals surface area contributed by atoms with Crippen molar-refractivity contribution < 1.29 is 14.4 Å². The Morgan fingerprint density at radius 2 is 1.76 bits per heavy atom. The van der Waals surface area contributed by atoms with Crippen LogP contribution in [0.1, 0.15) is 47.4 Å². The molecule has 0 saturated carbocycles. The summed E-state index contributed by atoms with van der Waals surface area (Å²) in [5, 5.41) is 0. The van der Waals surface area contributed by atoms with E-state index in [2.05, 4.69) is 10.9 Å². The van der Waals surface area contributed by atoms with Crippen LogP contribution in [0.25, 0.3) is 0 Å². The topological polar surface area (TPSA) is 78.5 Å².